The molecule has 1 N–H and O–H groups in total. The van der Waals surface area contributed by atoms with Gasteiger partial charge in [-0.15, -0.1) is 11.3 Å². The van der Waals surface area contributed by atoms with E-state index in [1.54, 1.807) is 60.8 Å². The summed E-state index contributed by atoms with van der Waals surface area (Å²) >= 11 is 9.13. The Kier molecular flexibility index (Phi) is 5.47. The molecular weight excluding hydrogens is 374 g/mol. The second-order valence-corrected chi connectivity index (χ2v) is 8.24. The molecule has 130 valence electrons. The highest BCUT2D eigenvalue weighted by molar-refractivity contribution is 7.10. The normalized spacial score (nSPS) is 12.6. The van der Waals surface area contributed by atoms with Gasteiger partial charge in [0, 0.05) is 9.90 Å². The van der Waals surface area contributed by atoms with E-state index in [1.165, 1.54) is 0 Å². The van der Waals surface area contributed by atoms with Crippen molar-refractivity contribution >= 4 is 40.2 Å². The highest BCUT2D eigenvalue weighted by Crippen LogP contribution is 2.29. The summed E-state index contributed by atoms with van der Waals surface area (Å²) in [4.78, 5) is 14.0. The van der Waals surface area contributed by atoms with Crippen LogP contribution in [0.5, 0.6) is 5.75 Å². The van der Waals surface area contributed by atoms with Crippen LogP contribution >= 0.6 is 34.3 Å². The van der Waals surface area contributed by atoms with Gasteiger partial charge in [0.25, 0.3) is 5.91 Å². The predicted molar refractivity (Wildman–Crippen MR) is 105 cm³/mol. The molecule has 0 saturated heterocycles. The molecule has 0 saturated carbocycles. The SMILES string of the molecule is CC(C)(Oc1ccc(Cl)cc1)C(=O)NC(c1ccsc1)c1cccs1. The molecule has 1 atom stereocenters. The number of benzene rings is 1. The third-order valence-corrected chi connectivity index (χ3v) is 5.60. The lowest BCUT2D eigenvalue weighted by Gasteiger charge is -2.28. The van der Waals surface area contributed by atoms with Gasteiger partial charge in [-0.2, -0.15) is 11.3 Å². The first-order valence-electron chi connectivity index (χ1n) is 7.77. The van der Waals surface area contributed by atoms with Crippen molar-refractivity contribution in [3.05, 3.63) is 74.1 Å². The van der Waals surface area contributed by atoms with Gasteiger partial charge < -0.3 is 10.1 Å². The van der Waals surface area contributed by atoms with E-state index >= 15 is 0 Å². The third kappa shape index (κ3) is 4.42. The van der Waals surface area contributed by atoms with Gasteiger partial charge in [0.05, 0.1) is 6.04 Å². The van der Waals surface area contributed by atoms with Gasteiger partial charge in [-0.05, 0) is 71.9 Å². The lowest BCUT2D eigenvalue weighted by atomic mass is 10.0. The number of carbonyl (C=O) groups excluding carboxylic acids is 1. The molecule has 1 unspecified atom stereocenters. The summed E-state index contributed by atoms with van der Waals surface area (Å²) in [6, 6.07) is 12.9. The van der Waals surface area contributed by atoms with Gasteiger partial charge in [-0.1, -0.05) is 17.7 Å². The summed E-state index contributed by atoms with van der Waals surface area (Å²) in [5.74, 6) is 0.430. The molecule has 3 aromatic rings. The van der Waals surface area contributed by atoms with Crippen LogP contribution in [0.4, 0.5) is 0 Å². The van der Waals surface area contributed by atoms with Crippen LogP contribution in [0, 0.1) is 0 Å². The Bertz CT molecular complexity index is 778. The van der Waals surface area contributed by atoms with Gasteiger partial charge >= 0.3 is 0 Å². The number of amides is 1. The van der Waals surface area contributed by atoms with E-state index in [0.29, 0.717) is 10.8 Å². The Morgan fingerprint density at radius 3 is 2.52 bits per heavy atom. The molecule has 0 radical (unpaired) electrons. The lowest BCUT2D eigenvalue weighted by molar-refractivity contribution is -0.134. The number of carbonyl (C=O) groups is 1. The Morgan fingerprint density at radius 2 is 1.92 bits per heavy atom. The van der Waals surface area contributed by atoms with Crippen LogP contribution in [0.15, 0.2) is 58.6 Å². The summed E-state index contributed by atoms with van der Waals surface area (Å²) in [7, 11) is 0. The van der Waals surface area contributed by atoms with Crippen molar-refractivity contribution in [3.8, 4) is 5.75 Å². The van der Waals surface area contributed by atoms with Crippen LogP contribution in [0.2, 0.25) is 5.02 Å². The summed E-state index contributed by atoms with van der Waals surface area (Å²) < 4.78 is 5.89. The van der Waals surface area contributed by atoms with Gasteiger partial charge in [0.2, 0.25) is 0 Å². The minimum atomic E-state index is -1.01. The first-order valence-corrected chi connectivity index (χ1v) is 9.97. The van der Waals surface area contributed by atoms with Crippen molar-refractivity contribution in [2.24, 2.45) is 0 Å². The highest BCUT2D eigenvalue weighted by atomic mass is 35.5. The van der Waals surface area contributed by atoms with Crippen molar-refractivity contribution < 1.29 is 9.53 Å². The van der Waals surface area contributed by atoms with Crippen molar-refractivity contribution in [3.63, 3.8) is 0 Å². The molecule has 0 aliphatic rings. The van der Waals surface area contributed by atoms with E-state index < -0.39 is 5.60 Å². The maximum atomic E-state index is 12.9. The molecular formula is C19H18ClNO2S2. The third-order valence-electron chi connectivity index (χ3n) is 3.71. The van der Waals surface area contributed by atoms with Crippen LogP contribution in [0.3, 0.4) is 0 Å². The summed E-state index contributed by atoms with van der Waals surface area (Å²) in [6.07, 6.45) is 0. The number of rotatable bonds is 6. The van der Waals surface area contributed by atoms with E-state index in [9.17, 15) is 4.79 Å². The number of halogens is 1. The smallest absolute Gasteiger partial charge is 0.264 e. The maximum Gasteiger partial charge on any atom is 0.264 e. The second-order valence-electron chi connectivity index (χ2n) is 6.04. The number of nitrogens with one attached hydrogen (secondary N) is 1. The molecule has 0 aliphatic heterocycles. The number of hydrogen-bond acceptors (Lipinski definition) is 4. The van der Waals surface area contributed by atoms with Gasteiger partial charge in [-0.25, -0.2) is 0 Å². The van der Waals surface area contributed by atoms with Gasteiger partial charge in [0.1, 0.15) is 5.75 Å². The van der Waals surface area contributed by atoms with E-state index in [4.69, 9.17) is 16.3 Å². The van der Waals surface area contributed by atoms with Gasteiger partial charge in [-0.3, -0.25) is 4.79 Å². The molecule has 0 aliphatic carbocycles. The molecule has 0 bridgehead atoms. The number of thiophene rings is 2. The van der Waals surface area contributed by atoms with Crippen molar-refractivity contribution in [1.29, 1.82) is 0 Å². The quantitative estimate of drug-likeness (QED) is 0.600. The topological polar surface area (TPSA) is 38.3 Å². The average molecular weight is 392 g/mol. The van der Waals surface area contributed by atoms with Crippen LogP contribution in [0.25, 0.3) is 0 Å². The van der Waals surface area contributed by atoms with Crippen LogP contribution < -0.4 is 10.1 Å². The monoisotopic (exact) mass is 391 g/mol. The summed E-state index contributed by atoms with van der Waals surface area (Å²) in [5.41, 5.74) is 0.0578. The summed E-state index contributed by atoms with van der Waals surface area (Å²) in [6.45, 7) is 3.52. The van der Waals surface area contributed by atoms with Gasteiger partial charge in [0.15, 0.2) is 5.60 Å². The van der Waals surface area contributed by atoms with Crippen molar-refractivity contribution in [2.75, 3.05) is 0 Å². The van der Waals surface area contributed by atoms with E-state index in [0.717, 1.165) is 10.4 Å². The molecule has 1 aromatic carbocycles. The summed E-state index contributed by atoms with van der Waals surface area (Å²) in [5, 5.41) is 9.83. The Hall–Kier alpha value is -1.82. The van der Waals surface area contributed by atoms with Crippen LogP contribution in [0.1, 0.15) is 30.3 Å². The predicted octanol–water partition coefficient (Wildman–Crippen LogP) is 5.53. The fourth-order valence-electron chi connectivity index (χ4n) is 2.36. The van der Waals surface area contributed by atoms with E-state index in [-0.39, 0.29) is 11.9 Å². The zero-order chi connectivity index (χ0) is 17.9. The zero-order valence-electron chi connectivity index (χ0n) is 13.9. The minimum Gasteiger partial charge on any atom is -0.478 e. The zero-order valence-corrected chi connectivity index (χ0v) is 16.3. The molecule has 0 spiro atoms. The average Bonchev–Trinajstić information content (AvgIpc) is 3.28. The first-order chi connectivity index (χ1) is 12.0. The molecule has 0 fully saturated rings. The molecule has 6 heteroatoms. The Labute approximate surface area is 160 Å². The van der Waals surface area contributed by atoms with Crippen LogP contribution in [-0.4, -0.2) is 11.5 Å². The maximum absolute atomic E-state index is 12.9. The van der Waals surface area contributed by atoms with Crippen molar-refractivity contribution in [1.82, 2.24) is 5.32 Å². The number of ether oxygens (including phenoxy) is 1. The Balaban J connectivity index is 1.77. The largest absolute Gasteiger partial charge is 0.478 e. The Morgan fingerprint density at radius 1 is 1.16 bits per heavy atom. The van der Waals surface area contributed by atoms with Crippen molar-refractivity contribution in [2.45, 2.75) is 25.5 Å². The second kappa shape index (κ2) is 7.60. The minimum absolute atomic E-state index is 0.174. The number of hydrogen-bond donors (Lipinski definition) is 1. The molecule has 25 heavy (non-hydrogen) atoms. The lowest BCUT2D eigenvalue weighted by Crippen LogP contribution is -2.47. The molecule has 3 rings (SSSR count). The fourth-order valence-corrected chi connectivity index (χ4v) is 3.98. The molecule has 2 aromatic heterocycles. The van der Waals surface area contributed by atoms with E-state index in [2.05, 4.69) is 10.7 Å². The van der Waals surface area contributed by atoms with E-state index in [1.807, 2.05) is 29.0 Å². The standard InChI is InChI=1S/C19H18ClNO2S2/c1-19(2,23-15-7-5-14(20)6-8-15)18(22)21-17(13-9-11-24-12-13)16-4-3-10-25-16/h3-12,17H,1-2H3,(H,21,22). The molecule has 1 amide bonds. The first kappa shape index (κ1) is 18.0. The molecule has 2 heterocycles. The highest BCUT2D eigenvalue weighted by Gasteiger charge is 2.32. The van der Waals surface area contributed by atoms with Crippen LogP contribution in [-0.2, 0) is 4.79 Å². The fraction of sp³-hybridized carbons (Fsp3) is 0.211. The molecule has 3 nitrogen and oxygen atoms in total.